The number of para-hydroxylation sites is 1. The Labute approximate surface area is 303 Å². The Morgan fingerprint density at radius 3 is 2.39 bits per heavy atom. The van der Waals surface area contributed by atoms with E-state index >= 15 is 0 Å². The molecule has 266 valence electrons. The molecule has 3 aromatic carbocycles. The van der Waals surface area contributed by atoms with E-state index in [9.17, 15) is 4.79 Å². The number of carbonyl (C=O) groups is 1. The van der Waals surface area contributed by atoms with Crippen molar-refractivity contribution in [2.45, 2.75) is 82.5 Å². The zero-order valence-corrected chi connectivity index (χ0v) is 30.5. The third kappa shape index (κ3) is 6.81. The lowest BCUT2D eigenvalue weighted by Gasteiger charge is -2.50. The van der Waals surface area contributed by atoms with Gasteiger partial charge in [-0.15, -0.1) is 0 Å². The van der Waals surface area contributed by atoms with Crippen LogP contribution in [-0.2, 0) is 41.3 Å². The molecule has 51 heavy (non-hydrogen) atoms. The highest BCUT2D eigenvalue weighted by molar-refractivity contribution is 5.92. The quantitative estimate of drug-likeness (QED) is 0.133. The molecular formula is C44H53N5O2. The fourth-order valence-electron chi connectivity index (χ4n) is 9.28. The number of benzene rings is 3. The number of hydrogen-bond acceptors (Lipinski definition) is 6. The smallest absolute Gasteiger partial charge is 0.309 e. The van der Waals surface area contributed by atoms with Gasteiger partial charge in [0.2, 0.25) is 0 Å². The zero-order chi connectivity index (χ0) is 35.4. The predicted molar refractivity (Wildman–Crippen MR) is 206 cm³/mol. The molecule has 5 aliphatic rings. The van der Waals surface area contributed by atoms with E-state index in [1.807, 2.05) is 42.9 Å². The maximum atomic E-state index is 11.4. The van der Waals surface area contributed by atoms with Crippen LogP contribution in [0.4, 0.5) is 5.69 Å². The Morgan fingerprint density at radius 1 is 0.980 bits per heavy atom. The molecule has 0 radical (unpaired) electrons. The maximum Gasteiger partial charge on any atom is 0.309 e. The zero-order valence-electron chi connectivity index (χ0n) is 30.5. The third-order valence-electron chi connectivity index (χ3n) is 11.9. The van der Waals surface area contributed by atoms with Gasteiger partial charge < -0.3 is 20.4 Å². The van der Waals surface area contributed by atoms with Crippen LogP contribution in [0, 0.1) is 11.8 Å². The number of rotatable bonds is 7. The van der Waals surface area contributed by atoms with Crippen molar-refractivity contribution in [3.05, 3.63) is 125 Å². The summed E-state index contributed by atoms with van der Waals surface area (Å²) in [4.78, 5) is 20.2. The number of aromatic nitrogens is 3. The number of nitrogens with one attached hydrogen (secondary N) is 1. The van der Waals surface area contributed by atoms with Gasteiger partial charge in [-0.25, -0.2) is 4.98 Å². The SMILES string of the molecule is CC[C@@H]1C(=O)OC[C@@H]1Cc1cncn1C.CNCCCC12CCC(c3ccccc31)c1ccccc12.Nc1c2c(nc3ccccc13)CCCC2. The monoisotopic (exact) mass is 683 g/mol. The van der Waals surface area contributed by atoms with Crippen LogP contribution in [0.5, 0.6) is 0 Å². The first kappa shape index (κ1) is 34.9. The molecule has 7 heteroatoms. The van der Waals surface area contributed by atoms with Gasteiger partial charge in [0.1, 0.15) is 0 Å². The predicted octanol–water partition coefficient (Wildman–Crippen LogP) is 8.07. The number of nitrogens with two attached hydrogens (primary N) is 1. The number of aryl methyl sites for hydroxylation is 2. The summed E-state index contributed by atoms with van der Waals surface area (Å²) >= 11 is 0. The number of carbonyl (C=O) groups excluding carboxylic acids is 1. The van der Waals surface area contributed by atoms with Crippen LogP contribution < -0.4 is 11.1 Å². The van der Waals surface area contributed by atoms with Gasteiger partial charge in [0.25, 0.3) is 0 Å². The van der Waals surface area contributed by atoms with Gasteiger partial charge in [-0.1, -0.05) is 73.7 Å². The second-order valence-electron chi connectivity index (χ2n) is 14.8. The van der Waals surface area contributed by atoms with Gasteiger partial charge in [0.15, 0.2) is 0 Å². The standard InChI is InChI=1S/C20H23N.C13H14N2.C11H16N2O2/c1-21-14-6-12-20-13-11-15(16-7-2-4-9-18(16)20)17-8-3-5-10-19(17)20;14-13-9-5-1-3-7-11(9)15-12-8-4-2-6-10(12)13;1-3-10-8(6-15-11(10)14)4-9-5-12-7-13(9)2/h2-5,7-10,15,21H,6,11-14H2,1H3;1,3,5,7H,2,4,6,8H2,(H2,14,15);5,7-8,10H,3-4,6H2,1-2H3/t;;8-,10-/m..0/s1. The first-order valence-electron chi connectivity index (χ1n) is 19.1. The minimum atomic E-state index is -0.0373. The Hall–Kier alpha value is -4.49. The van der Waals surface area contributed by atoms with Crippen LogP contribution in [0.25, 0.3) is 10.9 Å². The topological polar surface area (TPSA) is 95.1 Å². The highest BCUT2D eigenvalue weighted by Gasteiger charge is 2.47. The highest BCUT2D eigenvalue weighted by atomic mass is 16.5. The van der Waals surface area contributed by atoms with Crippen molar-refractivity contribution in [2.75, 3.05) is 25.9 Å². The number of imidazole rings is 1. The van der Waals surface area contributed by atoms with Crippen LogP contribution in [0.15, 0.2) is 85.3 Å². The number of hydrogen-bond donors (Lipinski definition) is 2. The summed E-state index contributed by atoms with van der Waals surface area (Å²) in [5.41, 5.74) is 18.5. The Bertz CT molecular complexity index is 1930. The van der Waals surface area contributed by atoms with Crippen LogP contribution in [-0.4, -0.2) is 40.7 Å². The molecule has 3 N–H and O–H groups in total. The summed E-state index contributed by atoms with van der Waals surface area (Å²) in [6.45, 7) is 3.70. The van der Waals surface area contributed by atoms with Crippen LogP contribution in [0.1, 0.15) is 97.0 Å². The van der Waals surface area contributed by atoms with Crippen molar-refractivity contribution in [1.82, 2.24) is 19.9 Å². The summed E-state index contributed by atoms with van der Waals surface area (Å²) in [6.07, 6.45) is 15.2. The van der Waals surface area contributed by atoms with Crippen molar-refractivity contribution in [3.63, 3.8) is 0 Å². The van der Waals surface area contributed by atoms with Gasteiger partial charge in [-0.05, 0) is 112 Å². The number of nitrogen functional groups attached to an aromatic ring is 1. The van der Waals surface area contributed by atoms with E-state index in [2.05, 4.69) is 71.9 Å². The van der Waals surface area contributed by atoms with Crippen LogP contribution >= 0.6 is 0 Å². The third-order valence-corrected chi connectivity index (χ3v) is 11.9. The number of cyclic esters (lactones) is 1. The molecule has 2 aromatic heterocycles. The molecule has 0 saturated carbocycles. The average molecular weight is 684 g/mol. The molecule has 0 unspecified atom stereocenters. The van der Waals surface area contributed by atoms with E-state index < -0.39 is 0 Å². The van der Waals surface area contributed by atoms with Gasteiger partial charge in [-0.3, -0.25) is 9.78 Å². The number of fused-ring (bicyclic) bond motifs is 3. The molecule has 0 amide bonds. The summed E-state index contributed by atoms with van der Waals surface area (Å²) < 4.78 is 7.08. The molecule has 10 rings (SSSR count). The second kappa shape index (κ2) is 15.4. The van der Waals surface area contributed by atoms with Crippen molar-refractivity contribution in [3.8, 4) is 0 Å². The minimum Gasteiger partial charge on any atom is -0.465 e. The van der Waals surface area contributed by atoms with E-state index in [0.29, 0.717) is 18.4 Å². The molecule has 2 atom stereocenters. The number of esters is 1. The minimum absolute atomic E-state index is 0.0373. The molecule has 4 aliphatic carbocycles. The van der Waals surface area contributed by atoms with Crippen molar-refractivity contribution >= 4 is 22.6 Å². The molecule has 3 heterocycles. The lowest BCUT2D eigenvalue weighted by Crippen LogP contribution is -2.40. The first-order valence-corrected chi connectivity index (χ1v) is 19.1. The maximum absolute atomic E-state index is 11.4. The fraction of sp³-hybridized carbons (Fsp3) is 0.432. The molecule has 7 nitrogen and oxygen atoms in total. The number of pyridine rings is 1. The van der Waals surface area contributed by atoms with Gasteiger partial charge in [-0.2, -0.15) is 0 Å². The van der Waals surface area contributed by atoms with Gasteiger partial charge >= 0.3 is 5.97 Å². The van der Waals surface area contributed by atoms with E-state index in [4.69, 9.17) is 15.5 Å². The Morgan fingerprint density at radius 2 is 1.69 bits per heavy atom. The highest BCUT2D eigenvalue weighted by Crippen LogP contribution is 2.57. The molecule has 0 spiro atoms. The van der Waals surface area contributed by atoms with E-state index in [-0.39, 0.29) is 17.3 Å². The van der Waals surface area contributed by atoms with Crippen molar-refractivity contribution in [2.24, 2.45) is 18.9 Å². The second-order valence-corrected chi connectivity index (χ2v) is 14.8. The number of nitrogens with zero attached hydrogens (tertiary/aromatic N) is 3. The summed E-state index contributed by atoms with van der Waals surface area (Å²) in [5.74, 6) is 0.978. The van der Waals surface area contributed by atoms with E-state index in [1.54, 1.807) is 28.6 Å². The van der Waals surface area contributed by atoms with Gasteiger partial charge in [0.05, 0.1) is 24.4 Å². The largest absolute Gasteiger partial charge is 0.465 e. The van der Waals surface area contributed by atoms with E-state index in [0.717, 1.165) is 54.5 Å². The number of anilines is 1. The van der Waals surface area contributed by atoms with Crippen LogP contribution in [0.2, 0.25) is 0 Å². The first-order chi connectivity index (χ1) is 24.9. The lowest BCUT2D eigenvalue weighted by molar-refractivity contribution is -0.141. The van der Waals surface area contributed by atoms with Crippen molar-refractivity contribution in [1.29, 1.82) is 0 Å². The lowest BCUT2D eigenvalue weighted by atomic mass is 9.54. The van der Waals surface area contributed by atoms with Crippen molar-refractivity contribution < 1.29 is 9.53 Å². The van der Waals surface area contributed by atoms with Crippen LogP contribution in [0.3, 0.4) is 0 Å². The molecule has 1 aliphatic heterocycles. The molecule has 2 bridgehead atoms. The fourth-order valence-corrected chi connectivity index (χ4v) is 9.28. The Balaban J connectivity index is 0.000000122. The normalized spacial score (nSPS) is 22.5. The number of ether oxygens (including phenoxy) is 1. The molecule has 1 saturated heterocycles. The molecular weight excluding hydrogens is 631 g/mol. The van der Waals surface area contributed by atoms with Gasteiger partial charge in [0, 0.05) is 53.0 Å². The summed E-state index contributed by atoms with van der Waals surface area (Å²) in [7, 11) is 4.03. The molecule has 5 aromatic rings. The summed E-state index contributed by atoms with van der Waals surface area (Å²) in [6, 6.07) is 26.5. The Kier molecular flexibility index (Phi) is 10.6. The van der Waals surface area contributed by atoms with E-state index in [1.165, 1.54) is 49.8 Å². The molecule has 1 fully saturated rings. The summed E-state index contributed by atoms with van der Waals surface area (Å²) in [5, 5.41) is 4.42. The average Bonchev–Trinajstić information content (AvgIpc) is 3.75.